The number of carbonyl (C=O) groups excluding carboxylic acids is 1. The Labute approximate surface area is 77.7 Å². The van der Waals surface area contributed by atoms with Gasteiger partial charge >= 0.3 is 0 Å². The van der Waals surface area contributed by atoms with Crippen molar-refractivity contribution in [3.05, 3.63) is 0 Å². The van der Waals surface area contributed by atoms with Gasteiger partial charge in [-0.2, -0.15) is 0 Å². The van der Waals surface area contributed by atoms with Gasteiger partial charge in [-0.15, -0.1) is 6.42 Å². The second-order valence-electron chi connectivity index (χ2n) is 3.25. The van der Waals surface area contributed by atoms with Crippen LogP contribution in [0.25, 0.3) is 0 Å². The van der Waals surface area contributed by atoms with E-state index in [1.807, 2.05) is 0 Å². The van der Waals surface area contributed by atoms with Crippen LogP contribution in [0.1, 0.15) is 13.3 Å². The third-order valence-electron chi connectivity index (χ3n) is 2.03. The molecule has 72 valence electrons. The first-order chi connectivity index (χ1) is 6.13. The molecular formula is C9H14N2O2. The molecule has 3 atom stereocenters. The molecule has 1 aliphatic heterocycles. The normalized spacial score (nSPS) is 29.3. The van der Waals surface area contributed by atoms with E-state index in [4.69, 9.17) is 11.5 Å². The molecule has 1 amide bonds. The van der Waals surface area contributed by atoms with Crippen molar-refractivity contribution in [2.24, 2.45) is 0 Å². The Morgan fingerprint density at radius 2 is 2.54 bits per heavy atom. The summed E-state index contributed by atoms with van der Waals surface area (Å²) in [6.07, 6.45) is 5.15. The lowest BCUT2D eigenvalue weighted by molar-refractivity contribution is -0.123. The van der Waals surface area contributed by atoms with E-state index < -0.39 is 6.10 Å². The first-order valence-electron chi connectivity index (χ1n) is 4.31. The zero-order chi connectivity index (χ0) is 9.84. The minimum atomic E-state index is -0.420. The summed E-state index contributed by atoms with van der Waals surface area (Å²) in [5.74, 6) is 2.27. The number of amides is 1. The van der Waals surface area contributed by atoms with Crippen LogP contribution in [-0.2, 0) is 4.79 Å². The van der Waals surface area contributed by atoms with Gasteiger partial charge in [0.1, 0.15) is 0 Å². The second kappa shape index (κ2) is 4.26. The van der Waals surface area contributed by atoms with Crippen molar-refractivity contribution in [3.63, 3.8) is 0 Å². The first kappa shape index (κ1) is 10.0. The van der Waals surface area contributed by atoms with Gasteiger partial charge in [0, 0.05) is 6.54 Å². The summed E-state index contributed by atoms with van der Waals surface area (Å²) in [6, 6.07) is -0.558. The Morgan fingerprint density at radius 3 is 3.00 bits per heavy atom. The number of carbonyl (C=O) groups is 1. The standard InChI is InChI=1S/C9H14N2O2/c1-3-6(2)11-9(13)8-4-7(12)5-10-8/h1,6-8,10,12H,4-5H2,2H3,(H,11,13). The van der Waals surface area contributed by atoms with Crippen LogP contribution in [0.2, 0.25) is 0 Å². The van der Waals surface area contributed by atoms with E-state index in [9.17, 15) is 4.79 Å². The smallest absolute Gasteiger partial charge is 0.238 e. The lowest BCUT2D eigenvalue weighted by atomic mass is 10.2. The number of terminal acetylenes is 1. The van der Waals surface area contributed by atoms with E-state index in [2.05, 4.69) is 16.6 Å². The van der Waals surface area contributed by atoms with Crippen LogP contribution in [0, 0.1) is 12.3 Å². The highest BCUT2D eigenvalue weighted by molar-refractivity contribution is 5.82. The molecular weight excluding hydrogens is 168 g/mol. The van der Waals surface area contributed by atoms with Gasteiger partial charge in [-0.1, -0.05) is 5.92 Å². The van der Waals surface area contributed by atoms with E-state index in [-0.39, 0.29) is 18.0 Å². The molecule has 3 unspecified atom stereocenters. The monoisotopic (exact) mass is 182 g/mol. The van der Waals surface area contributed by atoms with E-state index >= 15 is 0 Å². The third kappa shape index (κ3) is 2.72. The molecule has 4 heteroatoms. The van der Waals surface area contributed by atoms with E-state index in [0.717, 1.165) is 0 Å². The Hall–Kier alpha value is -1.05. The minimum absolute atomic E-state index is 0.137. The zero-order valence-corrected chi connectivity index (χ0v) is 7.58. The predicted octanol–water partition coefficient (Wildman–Crippen LogP) is -1.15. The van der Waals surface area contributed by atoms with Gasteiger partial charge in [0.15, 0.2) is 0 Å². The first-order valence-corrected chi connectivity index (χ1v) is 4.31. The summed E-state index contributed by atoms with van der Waals surface area (Å²) < 4.78 is 0. The van der Waals surface area contributed by atoms with Crippen molar-refractivity contribution in [1.82, 2.24) is 10.6 Å². The second-order valence-corrected chi connectivity index (χ2v) is 3.25. The molecule has 1 aliphatic rings. The lowest BCUT2D eigenvalue weighted by Gasteiger charge is -2.12. The number of nitrogens with one attached hydrogen (secondary N) is 2. The molecule has 0 bridgehead atoms. The fourth-order valence-electron chi connectivity index (χ4n) is 1.27. The molecule has 0 aromatic carbocycles. The summed E-state index contributed by atoms with van der Waals surface area (Å²) in [4.78, 5) is 11.4. The van der Waals surface area contributed by atoms with Crippen molar-refractivity contribution in [2.75, 3.05) is 6.54 Å². The summed E-state index contributed by atoms with van der Waals surface area (Å²) in [5, 5.41) is 14.7. The summed E-state index contributed by atoms with van der Waals surface area (Å²) in [5.41, 5.74) is 0. The summed E-state index contributed by atoms with van der Waals surface area (Å²) >= 11 is 0. The number of aliphatic hydroxyl groups excluding tert-OH is 1. The Balaban J connectivity index is 2.37. The van der Waals surface area contributed by atoms with Gasteiger partial charge in [-0.05, 0) is 13.3 Å². The van der Waals surface area contributed by atoms with Crippen LogP contribution in [0.3, 0.4) is 0 Å². The zero-order valence-electron chi connectivity index (χ0n) is 7.58. The van der Waals surface area contributed by atoms with Crippen LogP contribution in [-0.4, -0.2) is 35.7 Å². The summed E-state index contributed by atoms with van der Waals surface area (Å²) in [6.45, 7) is 2.21. The Kier molecular flexibility index (Phi) is 3.29. The highest BCUT2D eigenvalue weighted by Gasteiger charge is 2.28. The molecule has 0 saturated carbocycles. The van der Waals surface area contributed by atoms with Crippen LogP contribution in [0.15, 0.2) is 0 Å². The molecule has 13 heavy (non-hydrogen) atoms. The van der Waals surface area contributed by atoms with Crippen LogP contribution >= 0.6 is 0 Å². The van der Waals surface area contributed by atoms with Crippen molar-refractivity contribution < 1.29 is 9.90 Å². The van der Waals surface area contributed by atoms with Gasteiger partial charge in [-0.3, -0.25) is 4.79 Å². The number of β-amino-alcohol motifs (C(OH)–C–C–N with tert-alkyl or cyclic N) is 1. The van der Waals surface area contributed by atoms with Gasteiger partial charge < -0.3 is 15.7 Å². The number of hydrogen-bond donors (Lipinski definition) is 3. The maximum absolute atomic E-state index is 11.4. The molecule has 1 rings (SSSR count). The molecule has 0 radical (unpaired) electrons. The van der Waals surface area contributed by atoms with Crippen molar-refractivity contribution >= 4 is 5.91 Å². The van der Waals surface area contributed by atoms with E-state index in [1.54, 1.807) is 6.92 Å². The van der Waals surface area contributed by atoms with Gasteiger partial charge in [0.2, 0.25) is 5.91 Å². The van der Waals surface area contributed by atoms with Crippen LogP contribution in [0.5, 0.6) is 0 Å². The molecule has 1 saturated heterocycles. The largest absolute Gasteiger partial charge is 0.392 e. The number of hydrogen-bond acceptors (Lipinski definition) is 3. The molecule has 1 heterocycles. The van der Waals surface area contributed by atoms with Gasteiger partial charge in [0.05, 0.1) is 18.2 Å². The van der Waals surface area contributed by atoms with Crippen molar-refractivity contribution in [1.29, 1.82) is 0 Å². The molecule has 1 fully saturated rings. The Morgan fingerprint density at radius 1 is 1.85 bits per heavy atom. The fraction of sp³-hybridized carbons (Fsp3) is 0.667. The SMILES string of the molecule is C#CC(C)NC(=O)C1CC(O)CN1. The topological polar surface area (TPSA) is 61.4 Å². The van der Waals surface area contributed by atoms with Crippen molar-refractivity contribution in [3.8, 4) is 12.3 Å². The molecule has 0 aromatic heterocycles. The molecule has 4 nitrogen and oxygen atoms in total. The maximum atomic E-state index is 11.4. The van der Waals surface area contributed by atoms with Crippen molar-refractivity contribution in [2.45, 2.75) is 31.5 Å². The Bertz CT molecular complexity index is 234. The number of aliphatic hydroxyl groups is 1. The van der Waals surface area contributed by atoms with Gasteiger partial charge in [-0.25, -0.2) is 0 Å². The summed E-state index contributed by atoms with van der Waals surface area (Å²) in [7, 11) is 0. The van der Waals surface area contributed by atoms with Crippen LogP contribution in [0.4, 0.5) is 0 Å². The lowest BCUT2D eigenvalue weighted by Crippen LogP contribution is -2.43. The highest BCUT2D eigenvalue weighted by Crippen LogP contribution is 2.05. The molecule has 0 aliphatic carbocycles. The molecule has 3 N–H and O–H groups in total. The van der Waals surface area contributed by atoms with E-state index in [0.29, 0.717) is 13.0 Å². The number of rotatable bonds is 2. The fourth-order valence-corrected chi connectivity index (χ4v) is 1.27. The van der Waals surface area contributed by atoms with Crippen LogP contribution < -0.4 is 10.6 Å². The highest BCUT2D eigenvalue weighted by atomic mass is 16.3. The van der Waals surface area contributed by atoms with Gasteiger partial charge in [0.25, 0.3) is 0 Å². The molecule has 0 aromatic rings. The average molecular weight is 182 g/mol. The minimum Gasteiger partial charge on any atom is -0.392 e. The third-order valence-corrected chi connectivity index (χ3v) is 2.03. The molecule has 0 spiro atoms. The maximum Gasteiger partial charge on any atom is 0.238 e. The van der Waals surface area contributed by atoms with E-state index in [1.165, 1.54) is 0 Å². The average Bonchev–Trinajstić information content (AvgIpc) is 2.51. The predicted molar refractivity (Wildman–Crippen MR) is 48.9 cm³/mol. The quantitative estimate of drug-likeness (QED) is 0.472.